The van der Waals surface area contributed by atoms with Crippen molar-refractivity contribution in [2.45, 2.75) is 32.0 Å². The highest BCUT2D eigenvalue weighted by Crippen LogP contribution is 2.41. The normalized spacial score (nSPS) is 18.2. The fourth-order valence-corrected chi connectivity index (χ4v) is 2.14. The van der Waals surface area contributed by atoms with Gasteiger partial charge in [-0.2, -0.15) is 0 Å². The van der Waals surface area contributed by atoms with Crippen LogP contribution in [0.2, 0.25) is 0 Å². The highest BCUT2D eigenvalue weighted by atomic mass is 16.5. The van der Waals surface area contributed by atoms with E-state index in [2.05, 4.69) is 0 Å². The van der Waals surface area contributed by atoms with Crippen molar-refractivity contribution < 1.29 is 19.4 Å². The van der Waals surface area contributed by atoms with Crippen LogP contribution in [0.15, 0.2) is 18.2 Å². The van der Waals surface area contributed by atoms with E-state index >= 15 is 0 Å². The van der Waals surface area contributed by atoms with Crippen molar-refractivity contribution in [1.82, 2.24) is 0 Å². The highest BCUT2D eigenvalue weighted by molar-refractivity contribution is 5.75. The number of hydrogen-bond donors (Lipinski definition) is 1. The lowest BCUT2D eigenvalue weighted by molar-refractivity contribution is -0.104. The molecule has 4 heteroatoms. The lowest BCUT2D eigenvalue weighted by Gasteiger charge is -2.24. The van der Waals surface area contributed by atoms with Gasteiger partial charge in [-0.15, -0.1) is 0 Å². The molecule has 102 valence electrons. The summed E-state index contributed by atoms with van der Waals surface area (Å²) in [4.78, 5) is 10.4. The van der Waals surface area contributed by atoms with Gasteiger partial charge in [0.25, 0.3) is 0 Å². The smallest absolute Gasteiger partial charge is 0.165 e. The zero-order valence-corrected chi connectivity index (χ0v) is 11.3. The molecule has 1 aliphatic rings. The van der Waals surface area contributed by atoms with Crippen LogP contribution in [0, 0.1) is 0 Å². The standard InChI is InChI=1S/C15H18O4/c1-15(2,17)13-9-11-7-10(5-4-6-16)8-12(18-3)14(11)19-13/h4-8,13,17H,9H2,1-3H3/b5-4+/t13-/m0/s1. The number of allylic oxidation sites excluding steroid dienone is 1. The van der Waals surface area contributed by atoms with Crippen LogP contribution in [0.1, 0.15) is 25.0 Å². The summed E-state index contributed by atoms with van der Waals surface area (Å²) in [6.45, 7) is 3.45. The van der Waals surface area contributed by atoms with Gasteiger partial charge in [-0.25, -0.2) is 0 Å². The molecule has 0 fully saturated rings. The molecule has 0 spiro atoms. The second-order valence-electron chi connectivity index (χ2n) is 5.17. The van der Waals surface area contributed by atoms with Crippen LogP contribution in [0.3, 0.4) is 0 Å². The summed E-state index contributed by atoms with van der Waals surface area (Å²) in [5.41, 5.74) is 0.947. The van der Waals surface area contributed by atoms with Crippen LogP contribution < -0.4 is 9.47 Å². The number of aldehydes is 1. The van der Waals surface area contributed by atoms with E-state index < -0.39 is 5.60 Å². The number of carbonyl (C=O) groups is 1. The van der Waals surface area contributed by atoms with E-state index in [9.17, 15) is 9.90 Å². The van der Waals surface area contributed by atoms with Crippen LogP contribution in [0.4, 0.5) is 0 Å². The van der Waals surface area contributed by atoms with Crippen LogP contribution >= 0.6 is 0 Å². The second-order valence-corrected chi connectivity index (χ2v) is 5.17. The molecule has 0 aliphatic carbocycles. The first-order valence-electron chi connectivity index (χ1n) is 6.17. The van der Waals surface area contributed by atoms with E-state index in [0.717, 1.165) is 17.4 Å². The maximum absolute atomic E-state index is 10.4. The molecule has 0 aromatic heterocycles. The average Bonchev–Trinajstić information content (AvgIpc) is 2.79. The summed E-state index contributed by atoms with van der Waals surface area (Å²) in [6.07, 6.45) is 4.22. The molecule has 1 atom stereocenters. The van der Waals surface area contributed by atoms with Gasteiger partial charge in [-0.1, -0.05) is 6.08 Å². The summed E-state index contributed by atoms with van der Waals surface area (Å²) in [5, 5.41) is 10.0. The SMILES string of the molecule is COc1cc(/C=C/C=O)cc2c1O[C@H](C(C)(C)O)C2. The summed E-state index contributed by atoms with van der Waals surface area (Å²) in [7, 11) is 1.57. The number of ether oxygens (including phenoxy) is 2. The predicted molar refractivity (Wildman–Crippen MR) is 72.5 cm³/mol. The van der Waals surface area contributed by atoms with Gasteiger partial charge < -0.3 is 14.6 Å². The maximum Gasteiger partial charge on any atom is 0.165 e. The molecule has 1 aromatic rings. The first kappa shape index (κ1) is 13.6. The molecule has 0 saturated carbocycles. The van der Waals surface area contributed by atoms with E-state index in [1.54, 1.807) is 27.0 Å². The Bertz CT molecular complexity index is 512. The summed E-state index contributed by atoms with van der Waals surface area (Å²) < 4.78 is 11.1. The predicted octanol–water partition coefficient (Wildman–Crippen LogP) is 1.98. The monoisotopic (exact) mass is 262 g/mol. The van der Waals surface area contributed by atoms with E-state index in [1.165, 1.54) is 6.08 Å². The average molecular weight is 262 g/mol. The molecule has 1 aliphatic heterocycles. The molecule has 4 nitrogen and oxygen atoms in total. The van der Waals surface area contributed by atoms with Crippen molar-refractivity contribution in [3.05, 3.63) is 29.3 Å². The molecule has 0 amide bonds. The Morgan fingerprint density at radius 3 is 2.79 bits per heavy atom. The van der Waals surface area contributed by atoms with Gasteiger partial charge in [0.2, 0.25) is 0 Å². The number of hydrogen-bond acceptors (Lipinski definition) is 4. The topological polar surface area (TPSA) is 55.8 Å². The molecule has 2 rings (SSSR count). The summed E-state index contributed by atoms with van der Waals surface area (Å²) in [5.74, 6) is 1.30. The Morgan fingerprint density at radius 2 is 2.21 bits per heavy atom. The molecular weight excluding hydrogens is 244 g/mol. The van der Waals surface area contributed by atoms with Gasteiger partial charge in [0, 0.05) is 12.0 Å². The Hall–Kier alpha value is -1.81. The van der Waals surface area contributed by atoms with Crippen molar-refractivity contribution in [3.63, 3.8) is 0 Å². The molecular formula is C15H18O4. The van der Waals surface area contributed by atoms with Gasteiger partial charge >= 0.3 is 0 Å². The first-order chi connectivity index (χ1) is 8.95. The third-order valence-electron chi connectivity index (χ3n) is 3.19. The van der Waals surface area contributed by atoms with Crippen LogP contribution in [0.25, 0.3) is 6.08 Å². The number of aliphatic hydroxyl groups is 1. The summed E-state index contributed by atoms with van der Waals surface area (Å²) >= 11 is 0. The molecule has 0 radical (unpaired) electrons. The Kier molecular flexibility index (Phi) is 3.62. The third-order valence-corrected chi connectivity index (χ3v) is 3.19. The van der Waals surface area contributed by atoms with Crippen LogP contribution in [-0.2, 0) is 11.2 Å². The Labute approximate surface area is 112 Å². The molecule has 1 N–H and O–H groups in total. The first-order valence-corrected chi connectivity index (χ1v) is 6.17. The van der Waals surface area contributed by atoms with Crippen molar-refractivity contribution in [1.29, 1.82) is 0 Å². The number of carbonyl (C=O) groups excluding carboxylic acids is 1. The number of methoxy groups -OCH3 is 1. The quantitative estimate of drug-likeness (QED) is 0.666. The van der Waals surface area contributed by atoms with Gasteiger partial charge in [-0.05, 0) is 37.6 Å². The zero-order valence-electron chi connectivity index (χ0n) is 11.3. The van der Waals surface area contributed by atoms with Crippen LogP contribution in [0.5, 0.6) is 11.5 Å². The van der Waals surface area contributed by atoms with E-state index in [-0.39, 0.29) is 6.10 Å². The van der Waals surface area contributed by atoms with E-state index in [0.29, 0.717) is 17.9 Å². The molecule has 1 aromatic carbocycles. The van der Waals surface area contributed by atoms with Crippen molar-refractivity contribution in [2.24, 2.45) is 0 Å². The van der Waals surface area contributed by atoms with Gasteiger partial charge in [-0.3, -0.25) is 4.79 Å². The summed E-state index contributed by atoms with van der Waals surface area (Å²) in [6, 6.07) is 3.76. The molecule has 0 unspecified atom stereocenters. The zero-order chi connectivity index (χ0) is 14.0. The van der Waals surface area contributed by atoms with Gasteiger partial charge in [0.1, 0.15) is 12.4 Å². The number of rotatable bonds is 4. The minimum absolute atomic E-state index is 0.290. The van der Waals surface area contributed by atoms with E-state index in [4.69, 9.17) is 9.47 Å². The largest absolute Gasteiger partial charge is 0.493 e. The van der Waals surface area contributed by atoms with E-state index in [1.807, 2.05) is 12.1 Å². The second kappa shape index (κ2) is 5.05. The fraction of sp³-hybridized carbons (Fsp3) is 0.400. The number of fused-ring (bicyclic) bond motifs is 1. The Balaban J connectivity index is 2.37. The molecule has 0 saturated heterocycles. The lowest BCUT2D eigenvalue weighted by Crippen LogP contribution is -2.39. The van der Waals surface area contributed by atoms with Crippen molar-refractivity contribution in [3.8, 4) is 11.5 Å². The van der Waals surface area contributed by atoms with Gasteiger partial charge in [0.15, 0.2) is 11.5 Å². The van der Waals surface area contributed by atoms with Gasteiger partial charge in [0.05, 0.1) is 12.7 Å². The molecule has 19 heavy (non-hydrogen) atoms. The van der Waals surface area contributed by atoms with Crippen molar-refractivity contribution >= 4 is 12.4 Å². The third kappa shape index (κ3) is 2.79. The van der Waals surface area contributed by atoms with Crippen LogP contribution in [-0.4, -0.2) is 30.2 Å². The number of benzene rings is 1. The minimum atomic E-state index is -0.914. The minimum Gasteiger partial charge on any atom is -0.493 e. The Morgan fingerprint density at radius 1 is 1.47 bits per heavy atom. The fourth-order valence-electron chi connectivity index (χ4n) is 2.14. The molecule has 0 bridgehead atoms. The van der Waals surface area contributed by atoms with Crippen molar-refractivity contribution in [2.75, 3.05) is 7.11 Å². The lowest BCUT2D eigenvalue weighted by atomic mass is 9.96. The maximum atomic E-state index is 10.4. The molecule has 1 heterocycles. The highest BCUT2D eigenvalue weighted by Gasteiger charge is 2.36.